The molecule has 0 aliphatic carbocycles. The summed E-state index contributed by atoms with van der Waals surface area (Å²) in [6, 6.07) is 5.86. The smallest absolute Gasteiger partial charge is 0.214 e. The van der Waals surface area contributed by atoms with Crippen LogP contribution in [0.25, 0.3) is 0 Å². The van der Waals surface area contributed by atoms with Gasteiger partial charge in [-0.05, 0) is 37.5 Å². The van der Waals surface area contributed by atoms with Crippen LogP contribution in [0.4, 0.5) is 0 Å². The first kappa shape index (κ1) is 21.3. The average Bonchev–Trinajstić information content (AvgIpc) is 2.99. The van der Waals surface area contributed by atoms with Crippen molar-refractivity contribution in [2.75, 3.05) is 52.7 Å². The molecule has 2 N–H and O–H groups in total. The van der Waals surface area contributed by atoms with Crippen molar-refractivity contribution in [2.45, 2.75) is 19.8 Å². The van der Waals surface area contributed by atoms with E-state index in [1.54, 1.807) is 14.2 Å². The number of hydrogen-bond acceptors (Lipinski definition) is 5. The zero-order chi connectivity index (χ0) is 19.7. The lowest BCUT2D eigenvalue weighted by Gasteiger charge is -2.15. The van der Waals surface area contributed by atoms with Crippen molar-refractivity contribution in [2.24, 2.45) is 4.99 Å². The largest absolute Gasteiger partial charge is 0.493 e. The standard InChI is InChI=1S/C18H30N4O4S/c1-4-19-18(21-10-12-22-11-5-13-27(22,23)24)20-9-8-15-6-7-16(25-2)17(14-15)26-3/h6-7,14H,4-5,8-13H2,1-3H3,(H2,19,20,21). The van der Waals surface area contributed by atoms with Crippen LogP contribution in [-0.2, 0) is 16.4 Å². The summed E-state index contributed by atoms with van der Waals surface area (Å²) >= 11 is 0. The molecule has 1 aliphatic rings. The summed E-state index contributed by atoms with van der Waals surface area (Å²) in [7, 11) is 0.177. The summed E-state index contributed by atoms with van der Waals surface area (Å²) in [5, 5.41) is 6.46. The number of hydrogen-bond donors (Lipinski definition) is 2. The topological polar surface area (TPSA) is 92.3 Å². The highest BCUT2D eigenvalue weighted by Gasteiger charge is 2.27. The van der Waals surface area contributed by atoms with Gasteiger partial charge in [0.1, 0.15) is 0 Å². The molecule has 1 aromatic carbocycles. The first-order chi connectivity index (χ1) is 13.0. The maximum atomic E-state index is 11.8. The van der Waals surface area contributed by atoms with Gasteiger partial charge in [-0.15, -0.1) is 0 Å². The zero-order valence-corrected chi connectivity index (χ0v) is 17.1. The summed E-state index contributed by atoms with van der Waals surface area (Å²) in [4.78, 5) is 4.48. The molecule has 9 heteroatoms. The number of sulfonamides is 1. The third-order valence-electron chi connectivity index (χ3n) is 4.32. The fourth-order valence-electron chi connectivity index (χ4n) is 2.92. The lowest BCUT2D eigenvalue weighted by Crippen LogP contribution is -2.39. The number of rotatable bonds is 9. The molecule has 1 saturated heterocycles. The van der Waals surface area contributed by atoms with Gasteiger partial charge < -0.3 is 20.1 Å². The van der Waals surface area contributed by atoms with Crippen LogP contribution in [0.5, 0.6) is 11.5 Å². The van der Waals surface area contributed by atoms with E-state index in [4.69, 9.17) is 9.47 Å². The van der Waals surface area contributed by atoms with Gasteiger partial charge in [0.2, 0.25) is 10.0 Å². The first-order valence-corrected chi connectivity index (χ1v) is 10.8. The van der Waals surface area contributed by atoms with Crippen LogP contribution in [-0.4, -0.2) is 71.4 Å². The van der Waals surface area contributed by atoms with Crippen molar-refractivity contribution >= 4 is 16.0 Å². The van der Waals surface area contributed by atoms with Crippen LogP contribution in [0.15, 0.2) is 23.2 Å². The van der Waals surface area contributed by atoms with Crippen LogP contribution >= 0.6 is 0 Å². The SMILES string of the molecule is CCNC(=NCCN1CCCS1(=O)=O)NCCc1ccc(OC)c(OC)c1. The molecule has 27 heavy (non-hydrogen) atoms. The maximum Gasteiger partial charge on any atom is 0.214 e. The van der Waals surface area contributed by atoms with E-state index < -0.39 is 10.0 Å². The van der Waals surface area contributed by atoms with E-state index in [2.05, 4.69) is 15.6 Å². The molecule has 1 aromatic rings. The Hall–Kier alpha value is -2.00. The van der Waals surface area contributed by atoms with E-state index in [9.17, 15) is 8.42 Å². The Morgan fingerprint density at radius 3 is 2.63 bits per heavy atom. The fourth-order valence-corrected chi connectivity index (χ4v) is 4.44. The van der Waals surface area contributed by atoms with E-state index in [0.29, 0.717) is 50.1 Å². The number of methoxy groups -OCH3 is 2. The van der Waals surface area contributed by atoms with Crippen molar-refractivity contribution < 1.29 is 17.9 Å². The third-order valence-corrected chi connectivity index (χ3v) is 6.28. The minimum Gasteiger partial charge on any atom is -0.493 e. The predicted octanol–water partition coefficient (Wildman–Crippen LogP) is 0.837. The number of nitrogens with one attached hydrogen (secondary N) is 2. The molecule has 0 aromatic heterocycles. The summed E-state index contributed by atoms with van der Waals surface area (Å²) in [5.41, 5.74) is 1.12. The van der Waals surface area contributed by atoms with Gasteiger partial charge in [0.05, 0.1) is 26.5 Å². The molecule has 1 heterocycles. The predicted molar refractivity (Wildman–Crippen MR) is 107 cm³/mol. The number of nitrogens with zero attached hydrogens (tertiary/aromatic N) is 2. The van der Waals surface area contributed by atoms with Crippen LogP contribution in [0.1, 0.15) is 18.9 Å². The Morgan fingerprint density at radius 1 is 1.22 bits per heavy atom. The molecule has 0 bridgehead atoms. The molecule has 0 radical (unpaired) electrons. The van der Waals surface area contributed by atoms with Crippen LogP contribution in [0.3, 0.4) is 0 Å². The van der Waals surface area contributed by atoms with Crippen molar-refractivity contribution in [1.29, 1.82) is 0 Å². The summed E-state index contributed by atoms with van der Waals surface area (Å²) in [6.07, 6.45) is 1.50. The molecule has 2 rings (SSSR count). The highest BCUT2D eigenvalue weighted by molar-refractivity contribution is 7.89. The molecule has 0 atom stereocenters. The minimum absolute atomic E-state index is 0.250. The lowest BCUT2D eigenvalue weighted by molar-refractivity contribution is 0.354. The Morgan fingerprint density at radius 2 is 2.00 bits per heavy atom. The quantitative estimate of drug-likeness (QED) is 0.473. The molecule has 0 spiro atoms. The zero-order valence-electron chi connectivity index (χ0n) is 16.3. The van der Waals surface area contributed by atoms with Gasteiger partial charge in [-0.25, -0.2) is 12.7 Å². The average molecular weight is 399 g/mol. The van der Waals surface area contributed by atoms with Crippen LogP contribution in [0, 0.1) is 0 Å². The molecule has 8 nitrogen and oxygen atoms in total. The molecule has 0 unspecified atom stereocenters. The summed E-state index contributed by atoms with van der Waals surface area (Å²) in [5.74, 6) is 2.36. The molecular weight excluding hydrogens is 368 g/mol. The van der Waals surface area contributed by atoms with E-state index in [0.717, 1.165) is 18.5 Å². The second-order valence-corrected chi connectivity index (χ2v) is 8.28. The Bertz CT molecular complexity index is 737. The monoisotopic (exact) mass is 398 g/mol. The van der Waals surface area contributed by atoms with Crippen LogP contribution < -0.4 is 20.1 Å². The van der Waals surface area contributed by atoms with E-state index in [1.807, 2.05) is 25.1 Å². The first-order valence-electron chi connectivity index (χ1n) is 9.21. The Balaban J connectivity index is 1.85. The molecule has 1 fully saturated rings. The summed E-state index contributed by atoms with van der Waals surface area (Å²) < 4.78 is 35.7. The van der Waals surface area contributed by atoms with Gasteiger partial charge in [-0.2, -0.15) is 0 Å². The third kappa shape index (κ3) is 6.28. The van der Waals surface area contributed by atoms with Gasteiger partial charge in [0, 0.05) is 26.2 Å². The molecular formula is C18H30N4O4S. The van der Waals surface area contributed by atoms with E-state index >= 15 is 0 Å². The van der Waals surface area contributed by atoms with Crippen molar-refractivity contribution in [3.63, 3.8) is 0 Å². The van der Waals surface area contributed by atoms with Gasteiger partial charge >= 0.3 is 0 Å². The summed E-state index contributed by atoms with van der Waals surface area (Å²) in [6.45, 7) is 4.89. The number of benzene rings is 1. The Kier molecular flexibility index (Phi) is 8.18. The van der Waals surface area contributed by atoms with Crippen molar-refractivity contribution in [3.05, 3.63) is 23.8 Å². The normalized spacial score (nSPS) is 16.9. The van der Waals surface area contributed by atoms with Gasteiger partial charge in [-0.3, -0.25) is 4.99 Å². The molecule has 0 amide bonds. The minimum atomic E-state index is -3.06. The highest BCUT2D eigenvalue weighted by atomic mass is 32.2. The second-order valence-electron chi connectivity index (χ2n) is 6.20. The Labute approximate surface area is 162 Å². The number of aliphatic imine (C=N–C) groups is 1. The maximum absolute atomic E-state index is 11.8. The van der Waals surface area contributed by atoms with Gasteiger partial charge in [-0.1, -0.05) is 6.07 Å². The van der Waals surface area contributed by atoms with E-state index in [1.165, 1.54) is 4.31 Å². The van der Waals surface area contributed by atoms with Crippen LogP contribution in [0.2, 0.25) is 0 Å². The highest BCUT2D eigenvalue weighted by Crippen LogP contribution is 2.27. The van der Waals surface area contributed by atoms with Crippen molar-refractivity contribution in [1.82, 2.24) is 14.9 Å². The van der Waals surface area contributed by atoms with Gasteiger partial charge in [0.15, 0.2) is 17.5 Å². The number of ether oxygens (including phenoxy) is 2. The molecule has 0 saturated carbocycles. The van der Waals surface area contributed by atoms with E-state index in [-0.39, 0.29) is 5.75 Å². The molecule has 1 aliphatic heterocycles. The lowest BCUT2D eigenvalue weighted by atomic mass is 10.1. The second kappa shape index (κ2) is 10.4. The van der Waals surface area contributed by atoms with Crippen molar-refractivity contribution in [3.8, 4) is 11.5 Å². The molecule has 152 valence electrons. The fraction of sp³-hybridized carbons (Fsp3) is 0.611. The van der Waals surface area contributed by atoms with Gasteiger partial charge in [0.25, 0.3) is 0 Å². The number of guanidine groups is 1.